The number of hydrogen-bond acceptors (Lipinski definition) is 2. The van der Waals surface area contributed by atoms with E-state index in [1.807, 2.05) is 11.9 Å². The first kappa shape index (κ1) is 14.8. The fraction of sp³-hybridized carbons (Fsp3) is 0.562. The first-order chi connectivity index (χ1) is 9.30. The van der Waals surface area contributed by atoms with Gasteiger partial charge in [0.15, 0.2) is 0 Å². The Labute approximate surface area is 119 Å². The van der Waals surface area contributed by atoms with Gasteiger partial charge in [-0.15, -0.1) is 0 Å². The standard InChI is InChI=1S/C16H22FNO2/c1-16(2)8-6-12(7-9-16)18(3)14-5-4-11(17)10-13(14)15(19)20/h4-5,10,12H,6-9H2,1-3H3,(H,19,20). The zero-order chi connectivity index (χ0) is 14.9. The van der Waals surface area contributed by atoms with Gasteiger partial charge in [0, 0.05) is 13.1 Å². The van der Waals surface area contributed by atoms with Crippen molar-refractivity contribution in [1.29, 1.82) is 0 Å². The molecule has 110 valence electrons. The van der Waals surface area contributed by atoms with Crippen LogP contribution in [0.15, 0.2) is 18.2 Å². The summed E-state index contributed by atoms with van der Waals surface area (Å²) in [5.41, 5.74) is 1.01. The molecular formula is C16H22FNO2. The van der Waals surface area contributed by atoms with Crippen molar-refractivity contribution in [2.45, 2.75) is 45.6 Å². The van der Waals surface area contributed by atoms with Crippen molar-refractivity contribution >= 4 is 11.7 Å². The molecule has 0 aromatic heterocycles. The lowest BCUT2D eigenvalue weighted by atomic mass is 9.75. The van der Waals surface area contributed by atoms with Crippen molar-refractivity contribution in [2.75, 3.05) is 11.9 Å². The van der Waals surface area contributed by atoms with Gasteiger partial charge in [0.25, 0.3) is 0 Å². The molecule has 0 aliphatic heterocycles. The van der Waals surface area contributed by atoms with Crippen LogP contribution in [0.1, 0.15) is 49.9 Å². The van der Waals surface area contributed by atoms with Gasteiger partial charge in [-0.1, -0.05) is 13.8 Å². The van der Waals surface area contributed by atoms with Gasteiger partial charge >= 0.3 is 5.97 Å². The van der Waals surface area contributed by atoms with E-state index in [1.165, 1.54) is 6.07 Å². The molecule has 1 N–H and O–H groups in total. The predicted molar refractivity (Wildman–Crippen MR) is 77.8 cm³/mol. The van der Waals surface area contributed by atoms with E-state index in [9.17, 15) is 14.3 Å². The highest BCUT2D eigenvalue weighted by molar-refractivity contribution is 5.94. The Balaban J connectivity index is 2.21. The molecule has 0 bridgehead atoms. The second-order valence-electron chi connectivity index (χ2n) is 6.47. The highest BCUT2D eigenvalue weighted by Crippen LogP contribution is 2.38. The second-order valence-corrected chi connectivity index (χ2v) is 6.47. The van der Waals surface area contributed by atoms with Gasteiger partial charge in [0.2, 0.25) is 0 Å². The Bertz CT molecular complexity index is 503. The van der Waals surface area contributed by atoms with Gasteiger partial charge in [-0.05, 0) is 49.3 Å². The van der Waals surface area contributed by atoms with Crippen LogP contribution < -0.4 is 4.90 Å². The number of nitrogens with zero attached hydrogens (tertiary/aromatic N) is 1. The second kappa shape index (κ2) is 5.43. The van der Waals surface area contributed by atoms with Crippen molar-refractivity contribution in [3.63, 3.8) is 0 Å². The summed E-state index contributed by atoms with van der Waals surface area (Å²) in [4.78, 5) is 13.3. The third-order valence-corrected chi connectivity index (χ3v) is 4.43. The Kier molecular flexibility index (Phi) is 4.02. The van der Waals surface area contributed by atoms with Crippen LogP contribution in [0, 0.1) is 11.2 Å². The molecule has 0 amide bonds. The zero-order valence-electron chi connectivity index (χ0n) is 12.3. The van der Waals surface area contributed by atoms with Gasteiger partial charge < -0.3 is 10.0 Å². The smallest absolute Gasteiger partial charge is 0.337 e. The predicted octanol–water partition coefficient (Wildman–Crippen LogP) is 3.93. The Morgan fingerprint density at radius 2 is 1.95 bits per heavy atom. The zero-order valence-corrected chi connectivity index (χ0v) is 12.3. The number of benzene rings is 1. The molecule has 1 aromatic carbocycles. The van der Waals surface area contributed by atoms with Crippen molar-refractivity contribution in [1.82, 2.24) is 0 Å². The highest BCUT2D eigenvalue weighted by atomic mass is 19.1. The molecule has 0 spiro atoms. The van der Waals surface area contributed by atoms with Crippen molar-refractivity contribution in [3.05, 3.63) is 29.6 Å². The summed E-state index contributed by atoms with van der Waals surface area (Å²) in [5, 5.41) is 9.23. The average Bonchev–Trinajstić information content (AvgIpc) is 2.37. The number of aromatic carboxylic acids is 1. The van der Waals surface area contributed by atoms with Gasteiger partial charge in [0.05, 0.1) is 11.3 Å². The van der Waals surface area contributed by atoms with Crippen LogP contribution in [0.25, 0.3) is 0 Å². The molecular weight excluding hydrogens is 257 g/mol. The lowest BCUT2D eigenvalue weighted by Crippen LogP contribution is -2.38. The lowest BCUT2D eigenvalue weighted by molar-refractivity contribution is 0.0696. The topological polar surface area (TPSA) is 40.5 Å². The molecule has 1 aliphatic carbocycles. The third kappa shape index (κ3) is 3.11. The molecule has 0 unspecified atom stereocenters. The number of rotatable bonds is 3. The van der Waals surface area contributed by atoms with Crippen LogP contribution in [-0.2, 0) is 0 Å². The average molecular weight is 279 g/mol. The molecule has 0 heterocycles. The summed E-state index contributed by atoms with van der Waals surface area (Å²) < 4.78 is 13.2. The summed E-state index contributed by atoms with van der Waals surface area (Å²) in [7, 11) is 1.91. The molecule has 1 fully saturated rings. The van der Waals surface area contributed by atoms with E-state index in [0.29, 0.717) is 17.1 Å². The maximum atomic E-state index is 13.2. The van der Waals surface area contributed by atoms with Crippen LogP contribution in [-0.4, -0.2) is 24.2 Å². The Morgan fingerprint density at radius 3 is 2.50 bits per heavy atom. The molecule has 1 aromatic rings. The van der Waals surface area contributed by atoms with Crippen molar-refractivity contribution in [3.8, 4) is 0 Å². The Hall–Kier alpha value is -1.58. The molecule has 2 rings (SSSR count). The quantitative estimate of drug-likeness (QED) is 0.911. The van der Waals surface area contributed by atoms with E-state index in [-0.39, 0.29) is 5.56 Å². The summed E-state index contributed by atoms with van der Waals surface area (Å²) in [5.74, 6) is -1.59. The number of hydrogen-bond donors (Lipinski definition) is 1. The first-order valence-electron chi connectivity index (χ1n) is 7.06. The maximum Gasteiger partial charge on any atom is 0.337 e. The summed E-state index contributed by atoms with van der Waals surface area (Å²) in [6.07, 6.45) is 4.34. The van der Waals surface area contributed by atoms with E-state index < -0.39 is 11.8 Å². The molecule has 0 atom stereocenters. The minimum atomic E-state index is -1.08. The maximum absolute atomic E-state index is 13.2. The summed E-state index contributed by atoms with van der Waals surface area (Å²) in [6, 6.07) is 4.32. The van der Waals surface area contributed by atoms with E-state index in [2.05, 4.69) is 13.8 Å². The molecule has 3 nitrogen and oxygen atoms in total. The van der Waals surface area contributed by atoms with Gasteiger partial charge in [-0.25, -0.2) is 9.18 Å². The number of anilines is 1. The monoisotopic (exact) mass is 279 g/mol. The number of carboxylic acids is 1. The Morgan fingerprint density at radius 1 is 1.35 bits per heavy atom. The molecule has 0 radical (unpaired) electrons. The van der Waals surface area contributed by atoms with Crippen LogP contribution in [0.2, 0.25) is 0 Å². The number of carboxylic acid groups (broad SMARTS) is 1. The van der Waals surface area contributed by atoms with Crippen LogP contribution in [0.3, 0.4) is 0 Å². The van der Waals surface area contributed by atoms with Crippen molar-refractivity contribution < 1.29 is 14.3 Å². The fourth-order valence-corrected chi connectivity index (χ4v) is 2.96. The SMILES string of the molecule is CN(c1ccc(F)cc1C(=O)O)C1CCC(C)(C)CC1. The minimum Gasteiger partial charge on any atom is -0.478 e. The molecule has 0 saturated heterocycles. The van der Waals surface area contributed by atoms with E-state index >= 15 is 0 Å². The van der Waals surface area contributed by atoms with Crippen LogP contribution >= 0.6 is 0 Å². The lowest BCUT2D eigenvalue weighted by Gasteiger charge is -2.40. The first-order valence-corrected chi connectivity index (χ1v) is 7.06. The molecule has 4 heteroatoms. The number of halogens is 1. The molecule has 1 aliphatic rings. The largest absolute Gasteiger partial charge is 0.478 e. The van der Waals surface area contributed by atoms with E-state index in [4.69, 9.17) is 0 Å². The minimum absolute atomic E-state index is 0.0392. The summed E-state index contributed by atoms with van der Waals surface area (Å²) >= 11 is 0. The molecule has 20 heavy (non-hydrogen) atoms. The third-order valence-electron chi connectivity index (χ3n) is 4.43. The van der Waals surface area contributed by atoms with E-state index in [1.54, 1.807) is 6.07 Å². The normalized spacial score (nSPS) is 18.8. The van der Waals surface area contributed by atoms with Gasteiger partial charge in [-0.2, -0.15) is 0 Å². The van der Waals surface area contributed by atoms with Crippen LogP contribution in [0.5, 0.6) is 0 Å². The summed E-state index contributed by atoms with van der Waals surface area (Å²) in [6.45, 7) is 4.54. The van der Waals surface area contributed by atoms with Crippen molar-refractivity contribution in [2.24, 2.45) is 5.41 Å². The highest BCUT2D eigenvalue weighted by Gasteiger charge is 2.30. The number of carbonyl (C=O) groups is 1. The van der Waals surface area contributed by atoms with Crippen LogP contribution in [0.4, 0.5) is 10.1 Å². The fourth-order valence-electron chi connectivity index (χ4n) is 2.96. The molecule has 1 saturated carbocycles. The van der Waals surface area contributed by atoms with Gasteiger partial charge in [-0.3, -0.25) is 0 Å². The van der Waals surface area contributed by atoms with E-state index in [0.717, 1.165) is 31.7 Å². The van der Waals surface area contributed by atoms with Gasteiger partial charge in [0.1, 0.15) is 5.82 Å².